The van der Waals surface area contributed by atoms with Crippen LogP contribution in [0.2, 0.25) is 0 Å². The van der Waals surface area contributed by atoms with E-state index in [0.717, 1.165) is 30.3 Å². The number of imidazole rings is 1. The highest BCUT2D eigenvalue weighted by Crippen LogP contribution is 2.48. The van der Waals surface area contributed by atoms with Crippen LogP contribution in [-0.2, 0) is 29.1 Å². The second-order valence-corrected chi connectivity index (χ2v) is 14.1. The van der Waals surface area contributed by atoms with Crippen molar-refractivity contribution in [1.29, 1.82) is 0 Å². The van der Waals surface area contributed by atoms with Gasteiger partial charge in [-0.3, -0.25) is 13.9 Å². The number of hydrogen-bond acceptors (Lipinski definition) is 12. The van der Waals surface area contributed by atoms with Gasteiger partial charge in [0, 0.05) is 12.5 Å². The van der Waals surface area contributed by atoms with Gasteiger partial charge in [-0.2, -0.15) is 15.1 Å². The number of hydrogen-bond donors (Lipinski definition) is 3. The van der Waals surface area contributed by atoms with Gasteiger partial charge in [0.2, 0.25) is 17.6 Å². The summed E-state index contributed by atoms with van der Waals surface area (Å²) in [4.78, 5) is 24.8. The zero-order chi connectivity index (χ0) is 35.5. The monoisotopic (exact) mass is 694 g/mol. The van der Waals surface area contributed by atoms with Crippen molar-refractivity contribution in [1.82, 2.24) is 24.6 Å². The van der Waals surface area contributed by atoms with Gasteiger partial charge in [-0.1, -0.05) is 57.2 Å². The number of carbonyl (C=O) groups is 1. The van der Waals surface area contributed by atoms with Crippen molar-refractivity contribution >= 4 is 41.6 Å². The van der Waals surface area contributed by atoms with Crippen molar-refractivity contribution in [2.45, 2.75) is 65.3 Å². The third kappa shape index (κ3) is 8.18. The van der Waals surface area contributed by atoms with Gasteiger partial charge in [-0.05, 0) is 37.6 Å². The summed E-state index contributed by atoms with van der Waals surface area (Å²) in [6.07, 6.45) is -1.69. The molecule has 262 valence electrons. The molecule has 0 spiro atoms. The first kappa shape index (κ1) is 36.9. The maximum atomic E-state index is 16.5. The Hall–Kier alpha value is -3.95. The number of aromatic nitrogens is 4. The molecule has 2 aromatic heterocycles. The van der Waals surface area contributed by atoms with Crippen molar-refractivity contribution in [3.8, 4) is 11.6 Å². The molecular formula is C31H41F2N6O8P. The molecule has 0 saturated heterocycles. The molecule has 0 aliphatic heterocycles. The number of halogens is 2. The van der Waals surface area contributed by atoms with Gasteiger partial charge in [-0.25, -0.2) is 18.3 Å². The predicted octanol–water partition coefficient (Wildman–Crippen LogP) is 5.05. The molecule has 0 aliphatic rings. The van der Waals surface area contributed by atoms with E-state index in [1.54, 1.807) is 43.3 Å². The number of esters is 1. The largest absolute Gasteiger partial charge is 0.476 e. The number of ether oxygens (including phenoxy) is 3. The fourth-order valence-corrected chi connectivity index (χ4v) is 6.12. The topological polar surface area (TPSA) is 182 Å². The molecule has 5 atom stereocenters. The van der Waals surface area contributed by atoms with E-state index in [9.17, 15) is 14.5 Å². The summed E-state index contributed by atoms with van der Waals surface area (Å²) >= 11 is 0. The zero-order valence-electron chi connectivity index (χ0n) is 27.8. The van der Waals surface area contributed by atoms with Crippen LogP contribution in [0.1, 0.15) is 41.5 Å². The smallest absolute Gasteiger partial charge is 0.459 e. The number of anilines is 1. The van der Waals surface area contributed by atoms with Crippen molar-refractivity contribution in [2.75, 3.05) is 32.7 Å². The molecule has 2 aromatic carbocycles. The normalized spacial score (nSPS) is 17.2. The van der Waals surface area contributed by atoms with E-state index in [1.165, 1.54) is 13.0 Å². The Bertz CT molecular complexity index is 1800. The maximum absolute atomic E-state index is 16.5. The molecule has 0 saturated carbocycles. The number of benzene rings is 2. The van der Waals surface area contributed by atoms with Crippen molar-refractivity contribution in [3.05, 3.63) is 48.8 Å². The van der Waals surface area contributed by atoms with E-state index < -0.39 is 44.1 Å². The van der Waals surface area contributed by atoms with Gasteiger partial charge >= 0.3 is 13.7 Å². The van der Waals surface area contributed by atoms with Crippen LogP contribution >= 0.6 is 7.75 Å². The molecule has 4 rings (SSSR count). The Balaban J connectivity index is 1.65. The number of fused-ring (bicyclic) bond motifs is 2. The van der Waals surface area contributed by atoms with Crippen LogP contribution in [-0.4, -0.2) is 75.5 Å². The van der Waals surface area contributed by atoms with Crippen LogP contribution in [0.15, 0.2) is 48.8 Å². The standard InChI is InChI=1S/C31H41F2N6O8P/c1-8-44-25-23-24(36-28(34)37-25)39(18-35-23)30(6,32)27(41)31(33,43-7)17-46-48(42,38-19(2)26(40)45-16-29(3,4)5)47-22-15-11-13-20-12-9-10-14-21(20)22/h9-15,18-19,27,41H,8,16-17H2,1-7H3,(H,38,42)(H2,34,36,37)/t19?,27-,30-,31+,48?/m0/s1. The van der Waals surface area contributed by atoms with Gasteiger partial charge < -0.3 is 29.6 Å². The predicted molar refractivity (Wildman–Crippen MR) is 174 cm³/mol. The second kappa shape index (κ2) is 14.3. The van der Waals surface area contributed by atoms with Crippen LogP contribution in [0, 0.1) is 5.41 Å². The molecule has 17 heteroatoms. The first-order chi connectivity index (χ1) is 22.4. The highest BCUT2D eigenvalue weighted by molar-refractivity contribution is 7.52. The number of alkyl halides is 2. The molecule has 0 aliphatic carbocycles. The zero-order valence-corrected chi connectivity index (χ0v) is 28.7. The molecular weight excluding hydrogens is 653 g/mol. The van der Waals surface area contributed by atoms with Crippen molar-refractivity contribution in [3.63, 3.8) is 0 Å². The Morgan fingerprint density at radius 1 is 1.10 bits per heavy atom. The van der Waals surface area contributed by atoms with Gasteiger partial charge in [0.05, 0.1) is 19.5 Å². The molecule has 4 aromatic rings. The Labute approximate surface area is 276 Å². The van der Waals surface area contributed by atoms with E-state index >= 15 is 8.78 Å². The molecule has 48 heavy (non-hydrogen) atoms. The summed E-state index contributed by atoms with van der Waals surface area (Å²) in [6, 6.07) is 10.7. The fraction of sp³-hybridized carbons (Fsp3) is 0.484. The van der Waals surface area contributed by atoms with E-state index in [-0.39, 0.29) is 47.4 Å². The SMILES string of the molecule is CCOc1nc(N)nc2c1ncn2[C@](C)(F)[C@H](O)[C@@](F)(COP(=O)(NC(C)C(=O)OCC(C)(C)C)Oc1cccc2ccccc12)OC. The van der Waals surface area contributed by atoms with Crippen LogP contribution in [0.5, 0.6) is 11.6 Å². The molecule has 2 heterocycles. The average Bonchev–Trinajstić information content (AvgIpc) is 3.47. The number of rotatable bonds is 15. The van der Waals surface area contributed by atoms with Crippen LogP contribution in [0.3, 0.4) is 0 Å². The molecule has 0 amide bonds. The molecule has 0 radical (unpaired) electrons. The number of carbonyl (C=O) groups excluding carboxylic acids is 1. The summed E-state index contributed by atoms with van der Waals surface area (Å²) in [5.74, 6) is -7.43. The molecule has 0 bridgehead atoms. The molecule has 2 unspecified atom stereocenters. The fourth-order valence-electron chi connectivity index (χ4n) is 4.59. The van der Waals surface area contributed by atoms with E-state index in [0.29, 0.717) is 5.39 Å². The Kier molecular flexibility index (Phi) is 11.0. The number of aliphatic hydroxyl groups excluding tert-OH is 1. The first-order valence-corrected chi connectivity index (χ1v) is 16.6. The third-order valence-corrected chi connectivity index (χ3v) is 8.74. The van der Waals surface area contributed by atoms with E-state index in [1.807, 2.05) is 20.8 Å². The summed E-state index contributed by atoms with van der Waals surface area (Å²) in [7, 11) is -3.86. The van der Waals surface area contributed by atoms with Gasteiger partial charge in [0.1, 0.15) is 18.4 Å². The summed E-state index contributed by atoms with van der Waals surface area (Å²) in [5, 5.41) is 14.9. The first-order valence-electron chi connectivity index (χ1n) is 15.0. The lowest BCUT2D eigenvalue weighted by atomic mass is 9.99. The quantitative estimate of drug-likeness (QED) is 0.111. The summed E-state index contributed by atoms with van der Waals surface area (Å²) in [5.41, 5.74) is 5.21. The lowest BCUT2D eigenvalue weighted by molar-refractivity contribution is -0.253. The number of nitrogens with one attached hydrogen (secondary N) is 1. The molecule has 4 N–H and O–H groups in total. The highest BCUT2D eigenvalue weighted by atomic mass is 31.2. The number of methoxy groups -OCH3 is 1. The van der Waals surface area contributed by atoms with Crippen molar-refractivity contribution in [2.24, 2.45) is 5.41 Å². The highest BCUT2D eigenvalue weighted by Gasteiger charge is 2.54. The second-order valence-electron chi connectivity index (χ2n) is 12.4. The lowest BCUT2D eigenvalue weighted by Crippen LogP contribution is -2.55. The van der Waals surface area contributed by atoms with Crippen LogP contribution in [0.4, 0.5) is 14.7 Å². The number of nitrogens with two attached hydrogens (primary N) is 1. The maximum Gasteiger partial charge on any atom is 0.459 e. The lowest BCUT2D eigenvalue weighted by Gasteiger charge is -2.37. The summed E-state index contributed by atoms with van der Waals surface area (Å²) in [6.45, 7) is 8.37. The molecule has 14 nitrogen and oxygen atoms in total. The van der Waals surface area contributed by atoms with Crippen LogP contribution < -0.4 is 20.1 Å². The van der Waals surface area contributed by atoms with Gasteiger partial charge in [0.15, 0.2) is 17.3 Å². The Morgan fingerprint density at radius 3 is 2.46 bits per heavy atom. The van der Waals surface area contributed by atoms with E-state index in [2.05, 4.69) is 20.0 Å². The van der Waals surface area contributed by atoms with Gasteiger partial charge in [-0.15, -0.1) is 0 Å². The number of nitrogens with zero attached hydrogens (tertiary/aromatic N) is 4. The van der Waals surface area contributed by atoms with Crippen molar-refractivity contribution < 1.29 is 46.5 Å². The minimum Gasteiger partial charge on any atom is -0.476 e. The van der Waals surface area contributed by atoms with Gasteiger partial charge in [0.25, 0.3) is 5.85 Å². The third-order valence-electron chi connectivity index (χ3n) is 7.13. The number of nitrogen functional groups attached to an aromatic ring is 1. The van der Waals surface area contributed by atoms with Crippen LogP contribution in [0.25, 0.3) is 21.9 Å². The minimum absolute atomic E-state index is 0.00442. The minimum atomic E-state index is -4.72. The average molecular weight is 695 g/mol. The summed E-state index contributed by atoms with van der Waals surface area (Å²) < 4.78 is 75.1. The molecule has 0 fully saturated rings. The Morgan fingerprint density at radius 2 is 1.79 bits per heavy atom. The number of aliphatic hydroxyl groups is 1. The van der Waals surface area contributed by atoms with E-state index in [4.69, 9.17) is 29.0 Å².